The van der Waals surface area contributed by atoms with Crippen molar-refractivity contribution in [2.24, 2.45) is 4.99 Å². The normalized spacial score (nSPS) is 14.4. The smallest absolute Gasteiger partial charge is 0.225 e. The van der Waals surface area contributed by atoms with Gasteiger partial charge >= 0.3 is 0 Å². The number of piperazine rings is 1. The Morgan fingerprint density at radius 2 is 1.82 bits per heavy atom. The monoisotopic (exact) mass is 496 g/mol. The van der Waals surface area contributed by atoms with Crippen LogP contribution in [0.5, 0.6) is 5.75 Å². The number of hydrogen-bond donors (Lipinski definition) is 1. The third-order valence-electron chi connectivity index (χ3n) is 4.58. The highest BCUT2D eigenvalue weighted by Crippen LogP contribution is 2.17. The summed E-state index contributed by atoms with van der Waals surface area (Å²) in [5.74, 6) is 2.70. The zero-order valence-electron chi connectivity index (χ0n) is 16.5. The topological polar surface area (TPSA) is 65.9 Å². The molecule has 0 radical (unpaired) electrons. The number of aliphatic imine (C=N–C) groups is 1. The van der Waals surface area contributed by atoms with E-state index >= 15 is 0 Å². The van der Waals surface area contributed by atoms with Gasteiger partial charge in [-0.2, -0.15) is 0 Å². The van der Waals surface area contributed by atoms with Crippen LogP contribution >= 0.6 is 24.0 Å². The Kier molecular flexibility index (Phi) is 9.26. The zero-order valence-corrected chi connectivity index (χ0v) is 18.9. The average molecular weight is 496 g/mol. The number of methoxy groups -OCH3 is 1. The van der Waals surface area contributed by atoms with E-state index in [2.05, 4.69) is 38.1 Å². The molecule has 2 aromatic rings. The van der Waals surface area contributed by atoms with Crippen LogP contribution in [-0.2, 0) is 6.42 Å². The van der Waals surface area contributed by atoms with Crippen LogP contribution in [0.25, 0.3) is 0 Å². The van der Waals surface area contributed by atoms with Crippen molar-refractivity contribution >= 4 is 35.9 Å². The summed E-state index contributed by atoms with van der Waals surface area (Å²) in [5.41, 5.74) is 1.19. The predicted octanol–water partition coefficient (Wildman–Crippen LogP) is 2.43. The van der Waals surface area contributed by atoms with Gasteiger partial charge in [-0.15, -0.1) is 24.0 Å². The van der Waals surface area contributed by atoms with Crippen LogP contribution in [0.3, 0.4) is 0 Å². The summed E-state index contributed by atoms with van der Waals surface area (Å²) in [6, 6.07) is 9.97. The first-order valence-electron chi connectivity index (χ1n) is 9.49. The molecule has 7 nitrogen and oxygen atoms in total. The summed E-state index contributed by atoms with van der Waals surface area (Å²) in [6.07, 6.45) is 4.44. The first kappa shape index (κ1) is 22.2. The number of halogens is 1. The molecule has 8 heteroatoms. The van der Waals surface area contributed by atoms with Gasteiger partial charge in [-0.1, -0.05) is 18.2 Å². The van der Waals surface area contributed by atoms with E-state index < -0.39 is 0 Å². The highest BCUT2D eigenvalue weighted by Gasteiger charge is 2.21. The van der Waals surface area contributed by atoms with E-state index in [1.165, 1.54) is 5.56 Å². The van der Waals surface area contributed by atoms with E-state index in [1.807, 2.05) is 24.3 Å². The van der Waals surface area contributed by atoms with E-state index in [0.29, 0.717) is 0 Å². The lowest BCUT2D eigenvalue weighted by Crippen LogP contribution is -2.53. The summed E-state index contributed by atoms with van der Waals surface area (Å²) in [7, 11) is 1.71. The van der Waals surface area contributed by atoms with Crippen LogP contribution in [0, 0.1) is 0 Å². The lowest BCUT2D eigenvalue weighted by atomic mass is 10.1. The lowest BCUT2D eigenvalue weighted by molar-refractivity contribution is 0.370. The minimum Gasteiger partial charge on any atom is -0.496 e. The molecule has 2 heterocycles. The molecule has 1 aliphatic rings. The van der Waals surface area contributed by atoms with Crippen LogP contribution in [-0.4, -0.2) is 67.2 Å². The molecule has 28 heavy (non-hydrogen) atoms. The second kappa shape index (κ2) is 11.7. The molecule has 0 aliphatic carbocycles. The quantitative estimate of drug-likeness (QED) is 0.377. The number of ether oxygens (including phenoxy) is 1. The van der Waals surface area contributed by atoms with E-state index in [4.69, 9.17) is 9.73 Å². The highest BCUT2D eigenvalue weighted by molar-refractivity contribution is 14.0. The minimum absolute atomic E-state index is 0. The highest BCUT2D eigenvalue weighted by atomic mass is 127. The largest absolute Gasteiger partial charge is 0.496 e. The van der Waals surface area contributed by atoms with Crippen LogP contribution in [0.4, 0.5) is 5.95 Å². The maximum Gasteiger partial charge on any atom is 0.225 e. The van der Waals surface area contributed by atoms with Crippen molar-refractivity contribution in [1.29, 1.82) is 0 Å². The molecule has 1 aromatic heterocycles. The van der Waals surface area contributed by atoms with Gasteiger partial charge in [0, 0.05) is 51.7 Å². The molecule has 0 spiro atoms. The number of nitrogens with one attached hydrogen (secondary N) is 1. The molecule has 1 N–H and O–H groups in total. The number of hydrogen-bond acceptors (Lipinski definition) is 5. The SMILES string of the molecule is CCNC(=NCCc1ccccc1OC)N1CCN(c2ncccn2)CC1.I. The lowest BCUT2D eigenvalue weighted by Gasteiger charge is -2.36. The van der Waals surface area contributed by atoms with E-state index in [-0.39, 0.29) is 24.0 Å². The molecule has 1 aliphatic heterocycles. The van der Waals surface area contributed by atoms with E-state index in [1.54, 1.807) is 19.5 Å². The van der Waals surface area contributed by atoms with Crippen LogP contribution < -0.4 is 15.0 Å². The first-order valence-corrected chi connectivity index (χ1v) is 9.49. The molecule has 0 unspecified atom stereocenters. The molecule has 0 amide bonds. The second-order valence-corrected chi connectivity index (χ2v) is 6.32. The van der Waals surface area contributed by atoms with Crippen LogP contribution in [0.1, 0.15) is 12.5 Å². The minimum atomic E-state index is 0. The number of guanidine groups is 1. The van der Waals surface area contributed by atoms with Gasteiger partial charge in [0.05, 0.1) is 7.11 Å². The Labute approximate surface area is 184 Å². The summed E-state index contributed by atoms with van der Waals surface area (Å²) < 4.78 is 5.43. The predicted molar refractivity (Wildman–Crippen MR) is 124 cm³/mol. The fourth-order valence-electron chi connectivity index (χ4n) is 3.19. The molecule has 0 saturated carbocycles. The summed E-state index contributed by atoms with van der Waals surface area (Å²) in [4.78, 5) is 18.1. The number of anilines is 1. The van der Waals surface area contributed by atoms with Crippen molar-refractivity contribution in [3.05, 3.63) is 48.3 Å². The van der Waals surface area contributed by atoms with Gasteiger partial charge in [0.15, 0.2) is 5.96 Å². The molecule has 1 fully saturated rings. The van der Waals surface area contributed by atoms with E-state index in [9.17, 15) is 0 Å². The Bertz CT molecular complexity index is 734. The standard InChI is InChI=1S/C20H28N6O.HI/c1-3-21-19(24-12-9-17-7-4-5-8-18(17)27-2)25-13-15-26(16-14-25)20-22-10-6-11-23-20;/h4-8,10-11H,3,9,12-16H2,1-2H3,(H,21,24);1H. The van der Waals surface area contributed by atoms with Crippen LogP contribution in [0.2, 0.25) is 0 Å². The van der Waals surface area contributed by atoms with Crippen molar-refractivity contribution in [1.82, 2.24) is 20.2 Å². The van der Waals surface area contributed by atoms with E-state index in [0.717, 1.165) is 63.3 Å². The van der Waals surface area contributed by atoms with Crippen LogP contribution in [0.15, 0.2) is 47.7 Å². The Balaban J connectivity index is 0.00000280. The number of nitrogens with zero attached hydrogens (tertiary/aromatic N) is 5. The van der Waals surface area contributed by atoms with Crippen molar-refractivity contribution in [3.8, 4) is 5.75 Å². The summed E-state index contributed by atoms with van der Waals surface area (Å²) in [6.45, 7) is 7.27. The third-order valence-corrected chi connectivity index (χ3v) is 4.58. The maximum atomic E-state index is 5.43. The van der Waals surface area contributed by atoms with Gasteiger partial charge in [0.1, 0.15) is 5.75 Å². The molecule has 1 aromatic carbocycles. The second-order valence-electron chi connectivity index (χ2n) is 6.32. The van der Waals surface area contributed by atoms with Gasteiger partial charge < -0.3 is 19.9 Å². The van der Waals surface area contributed by atoms with Gasteiger partial charge in [-0.25, -0.2) is 9.97 Å². The average Bonchev–Trinajstić information content (AvgIpc) is 2.74. The first-order chi connectivity index (χ1) is 13.3. The Morgan fingerprint density at radius 3 is 2.50 bits per heavy atom. The van der Waals surface area contributed by atoms with Crippen molar-refractivity contribution in [2.75, 3.05) is 51.3 Å². The number of para-hydroxylation sites is 1. The number of rotatable bonds is 6. The van der Waals surface area contributed by atoms with Crippen molar-refractivity contribution in [3.63, 3.8) is 0 Å². The van der Waals surface area contributed by atoms with Gasteiger partial charge in [0.25, 0.3) is 0 Å². The summed E-state index contributed by atoms with van der Waals surface area (Å²) in [5, 5.41) is 3.42. The van der Waals surface area contributed by atoms with Gasteiger partial charge in [-0.05, 0) is 31.0 Å². The summed E-state index contributed by atoms with van der Waals surface area (Å²) >= 11 is 0. The fourth-order valence-corrected chi connectivity index (χ4v) is 3.19. The van der Waals surface area contributed by atoms with Gasteiger partial charge in [0.2, 0.25) is 5.95 Å². The number of benzene rings is 1. The molecule has 152 valence electrons. The molecule has 0 atom stereocenters. The Hall–Kier alpha value is -2.10. The zero-order chi connectivity index (χ0) is 18.9. The fraction of sp³-hybridized carbons (Fsp3) is 0.450. The third kappa shape index (κ3) is 5.95. The molecule has 3 rings (SSSR count). The molecular weight excluding hydrogens is 467 g/mol. The number of aromatic nitrogens is 2. The van der Waals surface area contributed by atoms with Gasteiger partial charge in [-0.3, -0.25) is 4.99 Å². The molecule has 1 saturated heterocycles. The van der Waals surface area contributed by atoms with Crippen molar-refractivity contribution < 1.29 is 4.74 Å². The molecule has 0 bridgehead atoms. The molecular formula is C20H29IN6O. The maximum absolute atomic E-state index is 5.43. The Morgan fingerprint density at radius 1 is 1.11 bits per heavy atom. The van der Waals surface area contributed by atoms with Crippen molar-refractivity contribution in [2.45, 2.75) is 13.3 Å².